The van der Waals surface area contributed by atoms with Gasteiger partial charge in [-0.3, -0.25) is 4.79 Å². The Labute approximate surface area is 144 Å². The number of thiophene rings is 1. The summed E-state index contributed by atoms with van der Waals surface area (Å²) >= 11 is 3.24. The molecule has 3 nitrogen and oxygen atoms in total. The van der Waals surface area contributed by atoms with Gasteiger partial charge in [0.15, 0.2) is 0 Å². The molecule has 0 fully saturated rings. The first-order valence-corrected chi connectivity index (χ1v) is 9.09. The molecule has 0 saturated heterocycles. The topological polar surface area (TPSA) is 42.0 Å². The van der Waals surface area contributed by atoms with E-state index in [-0.39, 0.29) is 5.91 Å². The van der Waals surface area contributed by atoms with Gasteiger partial charge in [-0.05, 0) is 55.5 Å². The van der Waals surface area contributed by atoms with Gasteiger partial charge in [0, 0.05) is 10.6 Å². The Morgan fingerprint density at radius 2 is 1.91 bits per heavy atom. The minimum Gasteiger partial charge on any atom is -0.326 e. The Balaban J connectivity index is 1.78. The van der Waals surface area contributed by atoms with Crippen molar-refractivity contribution in [2.45, 2.75) is 27.2 Å². The van der Waals surface area contributed by atoms with Crippen molar-refractivity contribution in [1.82, 2.24) is 4.98 Å². The fourth-order valence-corrected chi connectivity index (χ4v) is 4.35. The summed E-state index contributed by atoms with van der Waals surface area (Å²) in [6.45, 7) is 6.04. The maximum Gasteiger partial charge on any atom is 0.229 e. The Morgan fingerprint density at radius 3 is 2.57 bits per heavy atom. The average molecular weight is 342 g/mol. The van der Waals surface area contributed by atoms with E-state index in [4.69, 9.17) is 0 Å². The molecule has 0 radical (unpaired) electrons. The van der Waals surface area contributed by atoms with Gasteiger partial charge in [-0.15, -0.1) is 22.7 Å². The van der Waals surface area contributed by atoms with E-state index in [1.807, 2.05) is 50.4 Å². The molecule has 0 bridgehead atoms. The van der Waals surface area contributed by atoms with Crippen molar-refractivity contribution < 1.29 is 4.79 Å². The van der Waals surface area contributed by atoms with Crippen LogP contribution in [-0.2, 0) is 11.2 Å². The van der Waals surface area contributed by atoms with Crippen LogP contribution >= 0.6 is 22.7 Å². The summed E-state index contributed by atoms with van der Waals surface area (Å²) in [6.07, 6.45) is 0.353. The van der Waals surface area contributed by atoms with Gasteiger partial charge in [-0.25, -0.2) is 4.98 Å². The number of anilines is 1. The molecule has 0 aliphatic carbocycles. The highest BCUT2D eigenvalue weighted by atomic mass is 32.1. The minimum absolute atomic E-state index is 0.00328. The molecule has 118 valence electrons. The van der Waals surface area contributed by atoms with E-state index in [1.165, 1.54) is 0 Å². The zero-order valence-electron chi connectivity index (χ0n) is 13.3. The number of amides is 1. The summed E-state index contributed by atoms with van der Waals surface area (Å²) in [6, 6.07) is 10.1. The van der Waals surface area contributed by atoms with Crippen molar-refractivity contribution in [3.05, 3.63) is 56.7 Å². The minimum atomic E-state index is -0.00328. The summed E-state index contributed by atoms with van der Waals surface area (Å²) in [5.41, 5.74) is 4.09. The number of nitrogens with one attached hydrogen (secondary N) is 1. The lowest BCUT2D eigenvalue weighted by molar-refractivity contribution is -0.115. The first kappa shape index (κ1) is 15.9. The smallest absolute Gasteiger partial charge is 0.229 e. The van der Waals surface area contributed by atoms with E-state index < -0.39 is 0 Å². The van der Waals surface area contributed by atoms with Crippen molar-refractivity contribution in [2.75, 3.05) is 5.32 Å². The van der Waals surface area contributed by atoms with E-state index >= 15 is 0 Å². The highest BCUT2D eigenvalue weighted by Gasteiger charge is 2.15. The van der Waals surface area contributed by atoms with Crippen LogP contribution < -0.4 is 5.32 Å². The lowest BCUT2D eigenvalue weighted by Crippen LogP contribution is -2.14. The van der Waals surface area contributed by atoms with Crippen LogP contribution in [0.15, 0.2) is 35.7 Å². The third-order valence-corrected chi connectivity index (χ3v) is 5.23. The molecular weight excluding hydrogens is 324 g/mol. The fraction of sp³-hybridized carbons (Fsp3) is 0.222. The largest absolute Gasteiger partial charge is 0.326 e. The predicted octanol–water partition coefficient (Wildman–Crippen LogP) is 4.98. The number of thiazole rings is 1. The van der Waals surface area contributed by atoms with Crippen LogP contribution in [0.25, 0.3) is 10.6 Å². The van der Waals surface area contributed by atoms with Gasteiger partial charge >= 0.3 is 0 Å². The lowest BCUT2D eigenvalue weighted by Gasteiger charge is -2.07. The number of carbonyl (C=O) groups is 1. The maximum absolute atomic E-state index is 12.4. The fourth-order valence-electron chi connectivity index (χ4n) is 2.59. The van der Waals surface area contributed by atoms with Crippen molar-refractivity contribution in [3.63, 3.8) is 0 Å². The predicted molar refractivity (Wildman–Crippen MR) is 98.4 cm³/mol. The Hall–Kier alpha value is -1.98. The number of rotatable bonds is 4. The summed E-state index contributed by atoms with van der Waals surface area (Å²) in [5.74, 6) is -0.00328. The second kappa shape index (κ2) is 6.64. The molecule has 1 amide bonds. The number of aryl methyl sites for hydroxylation is 3. The van der Waals surface area contributed by atoms with Gasteiger partial charge in [0.1, 0.15) is 0 Å². The summed E-state index contributed by atoms with van der Waals surface area (Å²) < 4.78 is 0. The van der Waals surface area contributed by atoms with E-state index in [0.29, 0.717) is 6.42 Å². The van der Waals surface area contributed by atoms with Crippen molar-refractivity contribution in [2.24, 2.45) is 0 Å². The lowest BCUT2D eigenvalue weighted by atomic mass is 10.1. The first-order valence-electron chi connectivity index (χ1n) is 7.39. The Kier molecular flexibility index (Phi) is 4.59. The van der Waals surface area contributed by atoms with Crippen LogP contribution in [0.3, 0.4) is 0 Å². The Morgan fingerprint density at radius 1 is 1.17 bits per heavy atom. The van der Waals surface area contributed by atoms with Crippen molar-refractivity contribution in [1.29, 1.82) is 0 Å². The highest BCUT2D eigenvalue weighted by molar-refractivity contribution is 7.15. The van der Waals surface area contributed by atoms with E-state index in [1.54, 1.807) is 22.7 Å². The molecular formula is C18H18N2OS2. The van der Waals surface area contributed by atoms with Crippen LogP contribution in [0.5, 0.6) is 0 Å². The van der Waals surface area contributed by atoms with Crippen LogP contribution in [0.2, 0.25) is 0 Å². The number of carbonyl (C=O) groups excluding carboxylic acids is 1. The normalized spacial score (nSPS) is 10.7. The molecule has 3 aromatic rings. The molecule has 0 aliphatic rings. The van der Waals surface area contributed by atoms with Gasteiger partial charge in [0.2, 0.25) is 5.91 Å². The summed E-state index contributed by atoms with van der Waals surface area (Å²) in [7, 11) is 0. The summed E-state index contributed by atoms with van der Waals surface area (Å²) in [5, 5.41) is 6.02. The molecule has 3 rings (SSSR count). The van der Waals surface area contributed by atoms with Gasteiger partial charge < -0.3 is 5.32 Å². The molecule has 23 heavy (non-hydrogen) atoms. The monoisotopic (exact) mass is 342 g/mol. The maximum atomic E-state index is 12.4. The quantitative estimate of drug-likeness (QED) is 0.726. The summed E-state index contributed by atoms with van der Waals surface area (Å²) in [4.78, 5) is 19.1. The number of hydrogen-bond donors (Lipinski definition) is 1. The third kappa shape index (κ3) is 3.86. The molecule has 0 spiro atoms. The van der Waals surface area contributed by atoms with Crippen molar-refractivity contribution >= 4 is 34.3 Å². The number of benzene rings is 1. The first-order chi connectivity index (χ1) is 11.0. The molecule has 2 heterocycles. The molecule has 2 aromatic heterocycles. The second-order valence-electron chi connectivity index (χ2n) is 5.58. The second-order valence-corrected chi connectivity index (χ2v) is 7.82. The van der Waals surface area contributed by atoms with E-state index in [2.05, 4.69) is 16.4 Å². The van der Waals surface area contributed by atoms with Gasteiger partial charge in [0.05, 0.1) is 22.0 Å². The number of nitrogens with zero attached hydrogens (tertiary/aromatic N) is 1. The van der Waals surface area contributed by atoms with Gasteiger partial charge in [-0.1, -0.05) is 12.1 Å². The van der Waals surface area contributed by atoms with Crippen LogP contribution in [0.1, 0.15) is 21.0 Å². The number of hydrogen-bond acceptors (Lipinski definition) is 4. The third-order valence-electron chi connectivity index (χ3n) is 3.39. The van der Waals surface area contributed by atoms with E-state index in [0.717, 1.165) is 37.3 Å². The Bertz CT molecular complexity index is 815. The molecule has 1 N–H and O–H groups in total. The molecule has 0 aliphatic heterocycles. The molecule has 1 aromatic carbocycles. The standard InChI is InChI=1S/C18H18N2OS2/c1-11-7-12(2)9-14(8-11)20-17(21)10-16-18(19-13(3)23-16)15-5-4-6-22-15/h4-9H,10H2,1-3H3,(H,20,21). The van der Waals surface area contributed by atoms with Crippen LogP contribution in [-0.4, -0.2) is 10.9 Å². The van der Waals surface area contributed by atoms with Gasteiger partial charge in [-0.2, -0.15) is 0 Å². The van der Waals surface area contributed by atoms with Crippen molar-refractivity contribution in [3.8, 4) is 10.6 Å². The molecule has 0 unspecified atom stereocenters. The van der Waals surface area contributed by atoms with Crippen LogP contribution in [0, 0.1) is 20.8 Å². The van der Waals surface area contributed by atoms with Crippen LogP contribution in [0.4, 0.5) is 5.69 Å². The zero-order chi connectivity index (χ0) is 16.4. The number of aromatic nitrogens is 1. The zero-order valence-corrected chi connectivity index (χ0v) is 15.0. The SMILES string of the molecule is Cc1cc(C)cc(NC(=O)Cc2sc(C)nc2-c2cccs2)c1. The molecule has 0 saturated carbocycles. The van der Waals surface area contributed by atoms with Gasteiger partial charge in [0.25, 0.3) is 0 Å². The average Bonchev–Trinajstić information content (AvgIpc) is 3.06. The highest BCUT2D eigenvalue weighted by Crippen LogP contribution is 2.31. The molecule has 5 heteroatoms. The van der Waals surface area contributed by atoms with E-state index in [9.17, 15) is 4.79 Å². The molecule has 0 atom stereocenters.